The molecule has 0 bridgehead atoms. The van der Waals surface area contributed by atoms with E-state index in [9.17, 15) is 13.6 Å². The largest absolute Gasteiger partial charge is 0.331 e. The molecule has 0 N–H and O–H groups in total. The molecule has 1 aromatic carbocycles. The molecule has 6 rings (SSSR count). The predicted molar refractivity (Wildman–Crippen MR) is 145 cm³/mol. The summed E-state index contributed by atoms with van der Waals surface area (Å²) in [4.78, 5) is 18.9. The van der Waals surface area contributed by atoms with E-state index in [1.54, 1.807) is 11.1 Å². The van der Waals surface area contributed by atoms with Crippen LogP contribution in [0.15, 0.2) is 72.8 Å². The molecular formula is C28H22F2N6OS. The lowest BCUT2D eigenvalue weighted by Gasteiger charge is -2.26. The molecule has 190 valence electrons. The molecule has 38 heavy (non-hydrogen) atoms. The molecule has 1 amide bonds. The van der Waals surface area contributed by atoms with Gasteiger partial charge in [0.05, 0.1) is 42.5 Å². The lowest BCUT2D eigenvalue weighted by molar-refractivity contribution is -0.127. The number of aromatic nitrogens is 5. The van der Waals surface area contributed by atoms with Gasteiger partial charge in [0.2, 0.25) is 5.91 Å². The Bertz CT molecular complexity index is 1790. The van der Waals surface area contributed by atoms with Crippen LogP contribution in [-0.4, -0.2) is 41.9 Å². The zero-order valence-electron chi connectivity index (χ0n) is 20.4. The molecular weight excluding hydrogens is 506 g/mol. The Balaban J connectivity index is 1.56. The van der Waals surface area contributed by atoms with Crippen LogP contribution in [0.3, 0.4) is 0 Å². The molecule has 0 aliphatic carbocycles. The number of rotatable bonds is 5. The van der Waals surface area contributed by atoms with Crippen LogP contribution in [0.2, 0.25) is 0 Å². The smallest absolute Gasteiger partial charge is 0.246 e. The summed E-state index contributed by atoms with van der Waals surface area (Å²) in [5, 5.41) is 12.9. The third-order valence-corrected chi connectivity index (χ3v) is 7.64. The quantitative estimate of drug-likeness (QED) is 0.206. The molecule has 0 unspecified atom stereocenters. The molecule has 10 heteroatoms. The topological polar surface area (TPSA) is 68.8 Å². The van der Waals surface area contributed by atoms with Crippen molar-refractivity contribution in [3.05, 3.63) is 84.1 Å². The van der Waals surface area contributed by atoms with Gasteiger partial charge in [0.25, 0.3) is 0 Å². The van der Waals surface area contributed by atoms with Gasteiger partial charge in [0, 0.05) is 46.3 Å². The minimum atomic E-state index is -0.735. The number of amides is 1. The highest BCUT2D eigenvalue weighted by Gasteiger charge is 2.24. The van der Waals surface area contributed by atoms with Crippen LogP contribution < -0.4 is 0 Å². The number of nitrogens with zero attached hydrogens (tertiary/aromatic N) is 6. The van der Waals surface area contributed by atoms with Gasteiger partial charge in [-0.1, -0.05) is 12.6 Å². The third kappa shape index (κ3) is 4.03. The SMILES string of the molecule is C=CC(=O)N1CCn2nc(-c3nc(-c4ccc5c(cnn5C)c4)c4ccsc4c3/C=C(F)/C=C/F)cc2C1. The number of pyridine rings is 1. The molecule has 1 aliphatic rings. The standard InChI is InChI=1S/C28H22F2N6OS/c1-3-25(37)35-9-10-36-20(16-35)14-23(33-36)27-22(13-19(30)6-8-29)28-21(7-11-38-28)26(32-27)17-4-5-24-18(12-17)15-31-34(24)2/h3-8,11-15H,1,9-10,16H2,2H3/b8-6+,19-13-. The summed E-state index contributed by atoms with van der Waals surface area (Å²) in [6.07, 6.45) is 5.33. The second kappa shape index (κ2) is 9.46. The molecule has 7 nitrogen and oxygen atoms in total. The monoisotopic (exact) mass is 528 g/mol. The van der Waals surface area contributed by atoms with E-state index >= 15 is 0 Å². The Kier molecular flexibility index (Phi) is 5.96. The van der Waals surface area contributed by atoms with Crippen molar-refractivity contribution < 1.29 is 13.6 Å². The van der Waals surface area contributed by atoms with Gasteiger partial charge in [-0.2, -0.15) is 10.2 Å². The Labute approximate surface area is 220 Å². The zero-order valence-corrected chi connectivity index (χ0v) is 21.3. The van der Waals surface area contributed by atoms with E-state index in [1.165, 1.54) is 23.5 Å². The second-order valence-electron chi connectivity index (χ2n) is 8.96. The fourth-order valence-electron chi connectivity index (χ4n) is 4.85. The third-order valence-electron chi connectivity index (χ3n) is 6.69. The first-order chi connectivity index (χ1) is 18.5. The van der Waals surface area contributed by atoms with Crippen molar-refractivity contribution in [3.8, 4) is 22.6 Å². The van der Waals surface area contributed by atoms with Crippen molar-refractivity contribution in [1.29, 1.82) is 0 Å². The van der Waals surface area contributed by atoms with Gasteiger partial charge in [-0.3, -0.25) is 14.2 Å². The highest BCUT2D eigenvalue weighted by Crippen LogP contribution is 2.40. The summed E-state index contributed by atoms with van der Waals surface area (Å²) >= 11 is 1.46. The first kappa shape index (κ1) is 23.9. The molecule has 5 aromatic rings. The average Bonchev–Trinajstić information content (AvgIpc) is 3.66. The molecule has 0 atom stereocenters. The molecule has 0 spiro atoms. The number of aryl methyl sites for hydroxylation is 1. The van der Waals surface area contributed by atoms with Crippen LogP contribution in [0.25, 0.3) is 49.7 Å². The summed E-state index contributed by atoms with van der Waals surface area (Å²) in [5.41, 5.74) is 5.01. The molecule has 0 fully saturated rings. The average molecular weight is 529 g/mol. The van der Waals surface area contributed by atoms with Gasteiger partial charge >= 0.3 is 0 Å². The number of halogens is 2. The molecule has 0 saturated carbocycles. The van der Waals surface area contributed by atoms with Crippen molar-refractivity contribution in [2.45, 2.75) is 13.1 Å². The fraction of sp³-hybridized carbons (Fsp3) is 0.143. The van der Waals surface area contributed by atoms with Crippen LogP contribution >= 0.6 is 11.3 Å². The van der Waals surface area contributed by atoms with E-state index < -0.39 is 5.83 Å². The molecule has 0 radical (unpaired) electrons. The van der Waals surface area contributed by atoms with E-state index in [1.807, 2.05) is 52.1 Å². The van der Waals surface area contributed by atoms with Gasteiger partial charge in [-0.15, -0.1) is 11.3 Å². The Morgan fingerprint density at radius 2 is 2.05 bits per heavy atom. The van der Waals surface area contributed by atoms with Crippen LogP contribution in [0.5, 0.6) is 0 Å². The summed E-state index contributed by atoms with van der Waals surface area (Å²) in [6, 6.07) is 9.85. The minimum Gasteiger partial charge on any atom is -0.331 e. The van der Waals surface area contributed by atoms with Crippen LogP contribution in [-0.2, 0) is 24.9 Å². The lowest BCUT2D eigenvalue weighted by Crippen LogP contribution is -2.37. The number of allylic oxidation sites excluding steroid dienone is 2. The molecule has 4 aromatic heterocycles. The Morgan fingerprint density at radius 1 is 1.18 bits per heavy atom. The Morgan fingerprint density at radius 3 is 2.87 bits per heavy atom. The van der Waals surface area contributed by atoms with Gasteiger partial charge < -0.3 is 4.90 Å². The number of benzene rings is 1. The normalized spacial score (nSPS) is 14.1. The fourth-order valence-corrected chi connectivity index (χ4v) is 5.76. The number of carbonyl (C=O) groups is 1. The zero-order chi connectivity index (χ0) is 26.4. The molecule has 0 saturated heterocycles. The maximum absolute atomic E-state index is 14.6. The van der Waals surface area contributed by atoms with Crippen LogP contribution in [0.4, 0.5) is 8.78 Å². The number of hydrogen-bond donors (Lipinski definition) is 0. The maximum Gasteiger partial charge on any atom is 0.246 e. The van der Waals surface area contributed by atoms with E-state index in [4.69, 9.17) is 10.1 Å². The van der Waals surface area contributed by atoms with Crippen LogP contribution in [0.1, 0.15) is 11.3 Å². The summed E-state index contributed by atoms with van der Waals surface area (Å²) in [6.45, 7) is 4.99. The maximum atomic E-state index is 14.6. The van der Waals surface area contributed by atoms with Gasteiger partial charge in [-0.05, 0) is 41.8 Å². The van der Waals surface area contributed by atoms with E-state index in [0.717, 1.165) is 44.0 Å². The predicted octanol–water partition coefficient (Wildman–Crippen LogP) is 6.04. The minimum absolute atomic E-state index is 0.145. The molecule has 1 aliphatic heterocycles. The second-order valence-corrected chi connectivity index (χ2v) is 9.87. The number of fused-ring (bicyclic) bond motifs is 3. The van der Waals surface area contributed by atoms with Gasteiger partial charge in [0.15, 0.2) is 0 Å². The summed E-state index contributed by atoms with van der Waals surface area (Å²) in [5.74, 6) is -0.879. The number of hydrogen-bond acceptors (Lipinski definition) is 5. The van der Waals surface area contributed by atoms with Crippen molar-refractivity contribution in [1.82, 2.24) is 29.4 Å². The van der Waals surface area contributed by atoms with E-state index in [0.29, 0.717) is 36.6 Å². The van der Waals surface area contributed by atoms with Crippen LogP contribution in [0, 0.1) is 0 Å². The number of thiophene rings is 1. The number of carbonyl (C=O) groups excluding carboxylic acids is 1. The summed E-state index contributed by atoms with van der Waals surface area (Å²) in [7, 11) is 1.89. The summed E-state index contributed by atoms with van der Waals surface area (Å²) < 4.78 is 31.9. The first-order valence-electron chi connectivity index (χ1n) is 11.9. The highest BCUT2D eigenvalue weighted by atomic mass is 32.1. The van der Waals surface area contributed by atoms with Crippen molar-refractivity contribution in [2.75, 3.05) is 6.54 Å². The molecule has 5 heterocycles. The highest BCUT2D eigenvalue weighted by molar-refractivity contribution is 7.17. The lowest BCUT2D eigenvalue weighted by atomic mass is 10.0. The van der Waals surface area contributed by atoms with Crippen molar-refractivity contribution >= 4 is 44.3 Å². The van der Waals surface area contributed by atoms with Crippen molar-refractivity contribution in [3.63, 3.8) is 0 Å². The van der Waals surface area contributed by atoms with Crippen molar-refractivity contribution in [2.24, 2.45) is 7.05 Å². The van der Waals surface area contributed by atoms with Gasteiger partial charge in [0.1, 0.15) is 17.2 Å². The van der Waals surface area contributed by atoms with E-state index in [2.05, 4.69) is 11.7 Å². The first-order valence-corrected chi connectivity index (χ1v) is 12.8. The van der Waals surface area contributed by atoms with E-state index in [-0.39, 0.29) is 12.2 Å². The Hall–Kier alpha value is -4.44. The van der Waals surface area contributed by atoms with Gasteiger partial charge in [-0.25, -0.2) is 13.8 Å².